The number of fused-ring (bicyclic) bond motifs is 1. The van der Waals surface area contributed by atoms with E-state index >= 15 is 0 Å². The van der Waals surface area contributed by atoms with Crippen LogP contribution in [-0.2, 0) is 17.9 Å². The zero-order chi connectivity index (χ0) is 22.3. The van der Waals surface area contributed by atoms with E-state index in [-0.39, 0.29) is 12.4 Å². The van der Waals surface area contributed by atoms with Crippen LogP contribution in [0.4, 0.5) is 0 Å². The molecule has 1 heterocycles. The van der Waals surface area contributed by atoms with Crippen LogP contribution in [0.25, 0.3) is 6.08 Å². The van der Waals surface area contributed by atoms with Crippen LogP contribution in [0.1, 0.15) is 16.7 Å². The number of halogens is 1. The van der Waals surface area contributed by atoms with Gasteiger partial charge in [0.25, 0.3) is 5.91 Å². The number of carbonyl (C=O) groups excluding carboxylic acids is 1. The molecule has 0 atom stereocenters. The molecule has 7 heteroatoms. The Kier molecular flexibility index (Phi) is 6.92. The first kappa shape index (κ1) is 21.7. The van der Waals surface area contributed by atoms with Gasteiger partial charge in [-0.25, -0.2) is 0 Å². The Morgan fingerprint density at radius 3 is 2.66 bits per heavy atom. The van der Waals surface area contributed by atoms with Gasteiger partial charge in [0.1, 0.15) is 24.0 Å². The summed E-state index contributed by atoms with van der Waals surface area (Å²) in [5.74, 6) is 1.76. The number of carbonyl (C=O) groups is 1. The van der Waals surface area contributed by atoms with Gasteiger partial charge in [-0.05, 0) is 69.6 Å². The topological polar surface area (TPSA) is 80.6 Å². The molecule has 0 fully saturated rings. The predicted molar refractivity (Wildman–Crippen MR) is 128 cm³/mol. The average Bonchev–Trinajstić information content (AvgIpc) is 3.29. The molecular formula is C25H19IN2O4. The maximum atomic E-state index is 12.4. The molecule has 0 aromatic heterocycles. The molecule has 0 bridgehead atoms. The second kappa shape index (κ2) is 10.2. The SMILES string of the molecule is N#C/C(=C/c1ccc(OCc2ccc3c(c2)OCO3)c(I)c1)C(=O)NCc1ccccc1. The normalized spacial score (nSPS) is 12.2. The Morgan fingerprint density at radius 1 is 1.06 bits per heavy atom. The highest BCUT2D eigenvalue weighted by Crippen LogP contribution is 2.33. The zero-order valence-corrected chi connectivity index (χ0v) is 19.2. The second-order valence-electron chi connectivity index (χ2n) is 7.00. The molecule has 4 rings (SSSR count). The Hall–Kier alpha value is -3.51. The molecule has 1 N–H and O–H groups in total. The largest absolute Gasteiger partial charge is 0.488 e. The van der Waals surface area contributed by atoms with Gasteiger partial charge in [-0.2, -0.15) is 5.26 Å². The number of ether oxygens (including phenoxy) is 3. The van der Waals surface area contributed by atoms with E-state index in [4.69, 9.17) is 14.2 Å². The predicted octanol–water partition coefficient (Wildman–Crippen LogP) is 4.82. The number of rotatable bonds is 7. The smallest absolute Gasteiger partial charge is 0.262 e. The van der Waals surface area contributed by atoms with E-state index in [2.05, 4.69) is 27.9 Å². The monoisotopic (exact) mass is 538 g/mol. The van der Waals surface area contributed by atoms with Crippen molar-refractivity contribution < 1.29 is 19.0 Å². The number of nitrogens with zero attached hydrogens (tertiary/aromatic N) is 1. The third-order valence-electron chi connectivity index (χ3n) is 4.76. The summed E-state index contributed by atoms with van der Waals surface area (Å²) in [6.07, 6.45) is 1.57. The van der Waals surface area contributed by atoms with Crippen molar-refractivity contribution in [3.63, 3.8) is 0 Å². The van der Waals surface area contributed by atoms with Gasteiger partial charge in [0.2, 0.25) is 6.79 Å². The standard InChI is InChI=1S/C25H19IN2O4/c26-21-11-18(10-20(13-27)25(29)28-14-17-4-2-1-3-5-17)6-8-22(21)30-15-19-7-9-23-24(12-19)32-16-31-23/h1-12H,14-16H2,(H,28,29)/b20-10-. The van der Waals surface area contributed by atoms with Gasteiger partial charge in [-0.1, -0.05) is 42.5 Å². The minimum absolute atomic E-state index is 0.0470. The maximum Gasteiger partial charge on any atom is 0.262 e. The summed E-state index contributed by atoms with van der Waals surface area (Å²) in [4.78, 5) is 12.4. The molecule has 1 aliphatic rings. The van der Waals surface area contributed by atoms with E-state index in [1.165, 1.54) is 0 Å². The number of nitrogens with one attached hydrogen (secondary N) is 1. The first-order valence-corrected chi connectivity index (χ1v) is 10.9. The Balaban J connectivity index is 1.39. The summed E-state index contributed by atoms with van der Waals surface area (Å²) < 4.78 is 17.5. The van der Waals surface area contributed by atoms with Crippen LogP contribution in [-0.4, -0.2) is 12.7 Å². The molecule has 1 amide bonds. The summed E-state index contributed by atoms with van der Waals surface area (Å²) in [5.41, 5.74) is 2.73. The molecule has 0 saturated heterocycles. The molecule has 0 radical (unpaired) electrons. The van der Waals surface area contributed by atoms with Crippen LogP contribution in [0.5, 0.6) is 17.2 Å². The second-order valence-corrected chi connectivity index (χ2v) is 8.17. The molecule has 6 nitrogen and oxygen atoms in total. The fourth-order valence-electron chi connectivity index (χ4n) is 3.10. The quantitative estimate of drug-likeness (QED) is 0.265. The summed E-state index contributed by atoms with van der Waals surface area (Å²) in [5, 5.41) is 12.2. The van der Waals surface area contributed by atoms with Gasteiger partial charge >= 0.3 is 0 Å². The van der Waals surface area contributed by atoms with Gasteiger partial charge in [0.15, 0.2) is 11.5 Å². The van der Waals surface area contributed by atoms with Crippen molar-refractivity contribution in [2.45, 2.75) is 13.2 Å². The van der Waals surface area contributed by atoms with Crippen molar-refractivity contribution >= 4 is 34.6 Å². The summed E-state index contributed by atoms with van der Waals surface area (Å²) in [6.45, 7) is 0.984. The zero-order valence-electron chi connectivity index (χ0n) is 17.0. The summed E-state index contributed by atoms with van der Waals surface area (Å²) in [6, 6.07) is 22.8. The molecule has 0 aliphatic carbocycles. The number of nitriles is 1. The van der Waals surface area contributed by atoms with Crippen LogP contribution < -0.4 is 19.5 Å². The molecule has 32 heavy (non-hydrogen) atoms. The third-order valence-corrected chi connectivity index (χ3v) is 5.60. The lowest BCUT2D eigenvalue weighted by atomic mass is 10.1. The van der Waals surface area contributed by atoms with Gasteiger partial charge in [-0.3, -0.25) is 4.79 Å². The van der Waals surface area contributed by atoms with Gasteiger partial charge in [-0.15, -0.1) is 0 Å². The maximum absolute atomic E-state index is 12.4. The molecule has 3 aromatic rings. The fourth-order valence-corrected chi connectivity index (χ4v) is 3.80. The van der Waals surface area contributed by atoms with E-state index in [9.17, 15) is 10.1 Å². The highest BCUT2D eigenvalue weighted by atomic mass is 127. The van der Waals surface area contributed by atoms with Crippen LogP contribution in [0.3, 0.4) is 0 Å². The van der Waals surface area contributed by atoms with Crippen molar-refractivity contribution in [1.29, 1.82) is 5.26 Å². The van der Waals surface area contributed by atoms with E-state index in [1.807, 2.05) is 72.8 Å². The number of benzene rings is 3. The minimum Gasteiger partial charge on any atom is -0.488 e. The fraction of sp³-hybridized carbons (Fsp3) is 0.120. The lowest BCUT2D eigenvalue weighted by Crippen LogP contribution is -2.23. The van der Waals surface area contributed by atoms with E-state index < -0.39 is 5.91 Å². The third kappa shape index (κ3) is 5.39. The molecule has 1 aliphatic heterocycles. The summed E-state index contributed by atoms with van der Waals surface area (Å²) >= 11 is 2.18. The van der Waals surface area contributed by atoms with Gasteiger partial charge < -0.3 is 19.5 Å². The van der Waals surface area contributed by atoms with Crippen molar-refractivity contribution in [2.24, 2.45) is 0 Å². The lowest BCUT2D eigenvalue weighted by molar-refractivity contribution is -0.117. The van der Waals surface area contributed by atoms with Crippen molar-refractivity contribution in [1.82, 2.24) is 5.32 Å². The van der Waals surface area contributed by atoms with Crippen molar-refractivity contribution in [3.05, 3.63) is 92.6 Å². The van der Waals surface area contributed by atoms with Gasteiger partial charge in [0.05, 0.1) is 3.57 Å². The van der Waals surface area contributed by atoms with Crippen molar-refractivity contribution in [3.8, 4) is 23.3 Å². The molecule has 0 saturated carbocycles. The number of hydrogen-bond acceptors (Lipinski definition) is 5. The molecular weight excluding hydrogens is 519 g/mol. The Labute approximate surface area is 199 Å². The summed E-state index contributed by atoms with van der Waals surface area (Å²) in [7, 11) is 0. The van der Waals surface area contributed by atoms with Crippen molar-refractivity contribution in [2.75, 3.05) is 6.79 Å². The van der Waals surface area contributed by atoms with Crippen LogP contribution in [0, 0.1) is 14.9 Å². The van der Waals surface area contributed by atoms with Crippen LogP contribution >= 0.6 is 22.6 Å². The highest BCUT2D eigenvalue weighted by Gasteiger charge is 2.14. The first-order chi connectivity index (χ1) is 15.6. The Bertz CT molecular complexity index is 1200. The number of amides is 1. The first-order valence-electron chi connectivity index (χ1n) is 9.87. The molecule has 3 aromatic carbocycles. The Morgan fingerprint density at radius 2 is 1.88 bits per heavy atom. The van der Waals surface area contributed by atoms with E-state index in [1.54, 1.807) is 6.08 Å². The van der Waals surface area contributed by atoms with E-state index in [0.717, 1.165) is 31.8 Å². The van der Waals surface area contributed by atoms with Crippen LogP contribution in [0.2, 0.25) is 0 Å². The molecule has 0 spiro atoms. The average molecular weight is 538 g/mol. The molecule has 0 unspecified atom stereocenters. The lowest BCUT2D eigenvalue weighted by Gasteiger charge is -2.10. The van der Waals surface area contributed by atoms with Crippen LogP contribution in [0.15, 0.2) is 72.3 Å². The van der Waals surface area contributed by atoms with E-state index in [0.29, 0.717) is 18.9 Å². The van der Waals surface area contributed by atoms with Gasteiger partial charge in [0, 0.05) is 6.54 Å². The molecule has 160 valence electrons. The minimum atomic E-state index is -0.408. The number of hydrogen-bond donors (Lipinski definition) is 1. The highest BCUT2D eigenvalue weighted by molar-refractivity contribution is 14.1.